The number of nitrogens with zero attached hydrogens (tertiary/aromatic N) is 3. The molecule has 1 aliphatic heterocycles. The number of hydrogen-bond donors (Lipinski definition) is 0. The summed E-state index contributed by atoms with van der Waals surface area (Å²) in [6, 6.07) is 0.0121. The van der Waals surface area contributed by atoms with Crippen LogP contribution in [0.4, 0.5) is 0 Å². The molecule has 17 heavy (non-hydrogen) atoms. The standard InChI is InChI=1S/C12H17N3O2/c1-8-13-11(17-14-8)10-4-2-3-7-15(10)12(16)9-5-6-9/h9-10H,2-7H2,1H3. The molecule has 5 heteroatoms. The van der Waals surface area contributed by atoms with Crippen LogP contribution in [0.25, 0.3) is 0 Å². The second-order valence-electron chi connectivity index (χ2n) is 5.00. The molecule has 1 aromatic rings. The van der Waals surface area contributed by atoms with Crippen molar-refractivity contribution in [3.05, 3.63) is 11.7 Å². The molecule has 2 fully saturated rings. The SMILES string of the molecule is Cc1noc(C2CCCCN2C(=O)C2CC2)n1. The average molecular weight is 235 g/mol. The fourth-order valence-electron chi connectivity index (χ4n) is 2.47. The Labute approximate surface area is 100 Å². The Morgan fingerprint density at radius 2 is 2.18 bits per heavy atom. The molecule has 5 nitrogen and oxygen atoms in total. The van der Waals surface area contributed by atoms with E-state index in [2.05, 4.69) is 10.1 Å². The van der Waals surface area contributed by atoms with Gasteiger partial charge in [0.2, 0.25) is 11.8 Å². The number of aryl methyl sites for hydroxylation is 1. The van der Waals surface area contributed by atoms with E-state index in [4.69, 9.17) is 4.52 Å². The van der Waals surface area contributed by atoms with Crippen LogP contribution in [0.15, 0.2) is 4.52 Å². The van der Waals surface area contributed by atoms with Crippen LogP contribution >= 0.6 is 0 Å². The van der Waals surface area contributed by atoms with Crippen LogP contribution in [0.2, 0.25) is 0 Å². The van der Waals surface area contributed by atoms with Crippen molar-refractivity contribution in [3.63, 3.8) is 0 Å². The maximum Gasteiger partial charge on any atom is 0.249 e. The van der Waals surface area contributed by atoms with Gasteiger partial charge in [-0.25, -0.2) is 0 Å². The monoisotopic (exact) mass is 235 g/mol. The smallest absolute Gasteiger partial charge is 0.249 e. The molecule has 1 aromatic heterocycles. The van der Waals surface area contributed by atoms with E-state index < -0.39 is 0 Å². The molecule has 0 spiro atoms. The number of piperidine rings is 1. The zero-order valence-electron chi connectivity index (χ0n) is 10.1. The zero-order chi connectivity index (χ0) is 11.8. The van der Waals surface area contributed by atoms with Gasteiger partial charge in [0, 0.05) is 12.5 Å². The molecule has 92 valence electrons. The quantitative estimate of drug-likeness (QED) is 0.784. The molecule has 1 aliphatic carbocycles. The number of rotatable bonds is 2. The first-order valence-corrected chi connectivity index (χ1v) is 6.36. The van der Waals surface area contributed by atoms with Crippen LogP contribution in [0.1, 0.15) is 49.9 Å². The van der Waals surface area contributed by atoms with Gasteiger partial charge >= 0.3 is 0 Å². The Kier molecular flexibility index (Phi) is 2.61. The Morgan fingerprint density at radius 3 is 2.82 bits per heavy atom. The Hall–Kier alpha value is -1.39. The second kappa shape index (κ2) is 4.13. The second-order valence-corrected chi connectivity index (χ2v) is 5.00. The molecule has 1 unspecified atom stereocenters. The van der Waals surface area contributed by atoms with Crippen molar-refractivity contribution in [2.24, 2.45) is 5.92 Å². The van der Waals surface area contributed by atoms with Crippen molar-refractivity contribution in [1.82, 2.24) is 15.0 Å². The number of likely N-dealkylation sites (tertiary alicyclic amines) is 1. The van der Waals surface area contributed by atoms with Gasteiger partial charge in [0.1, 0.15) is 6.04 Å². The lowest BCUT2D eigenvalue weighted by molar-refractivity contribution is -0.137. The molecule has 3 rings (SSSR count). The summed E-state index contributed by atoms with van der Waals surface area (Å²) in [7, 11) is 0. The summed E-state index contributed by atoms with van der Waals surface area (Å²) in [5.41, 5.74) is 0. The third-order valence-electron chi connectivity index (χ3n) is 3.54. The average Bonchev–Trinajstić information content (AvgIpc) is 3.11. The highest BCUT2D eigenvalue weighted by atomic mass is 16.5. The van der Waals surface area contributed by atoms with Crippen LogP contribution in [-0.2, 0) is 4.79 Å². The van der Waals surface area contributed by atoms with E-state index in [9.17, 15) is 4.79 Å². The maximum absolute atomic E-state index is 12.2. The largest absolute Gasteiger partial charge is 0.337 e. The van der Waals surface area contributed by atoms with Crippen molar-refractivity contribution >= 4 is 5.91 Å². The number of carbonyl (C=O) groups is 1. The van der Waals surface area contributed by atoms with Crippen molar-refractivity contribution in [3.8, 4) is 0 Å². The third-order valence-corrected chi connectivity index (χ3v) is 3.54. The predicted molar refractivity (Wildman–Crippen MR) is 60.1 cm³/mol. The molecule has 0 bridgehead atoms. The Morgan fingerprint density at radius 1 is 1.35 bits per heavy atom. The minimum Gasteiger partial charge on any atom is -0.337 e. The van der Waals surface area contributed by atoms with E-state index in [0.717, 1.165) is 38.6 Å². The van der Waals surface area contributed by atoms with Crippen molar-refractivity contribution in [2.75, 3.05) is 6.54 Å². The molecule has 1 saturated heterocycles. The minimum atomic E-state index is 0.0121. The highest BCUT2D eigenvalue weighted by Gasteiger charge is 2.39. The summed E-state index contributed by atoms with van der Waals surface area (Å²) in [4.78, 5) is 18.4. The fraction of sp³-hybridized carbons (Fsp3) is 0.750. The first kappa shape index (κ1) is 10.7. The maximum atomic E-state index is 12.2. The van der Waals surface area contributed by atoms with Gasteiger partial charge < -0.3 is 9.42 Å². The van der Waals surface area contributed by atoms with Crippen LogP contribution in [0, 0.1) is 12.8 Å². The van der Waals surface area contributed by atoms with E-state index in [1.54, 1.807) is 0 Å². The topological polar surface area (TPSA) is 59.2 Å². The number of carbonyl (C=O) groups excluding carboxylic acids is 1. The number of hydrogen-bond acceptors (Lipinski definition) is 4. The molecule has 0 radical (unpaired) electrons. The fourth-order valence-corrected chi connectivity index (χ4v) is 2.47. The van der Waals surface area contributed by atoms with Gasteiger partial charge in [0.15, 0.2) is 5.82 Å². The summed E-state index contributed by atoms with van der Waals surface area (Å²) in [5.74, 6) is 1.80. The van der Waals surface area contributed by atoms with Crippen LogP contribution < -0.4 is 0 Å². The first-order valence-electron chi connectivity index (χ1n) is 6.36. The van der Waals surface area contributed by atoms with E-state index in [1.807, 2.05) is 11.8 Å². The summed E-state index contributed by atoms with van der Waals surface area (Å²) < 4.78 is 5.23. The van der Waals surface area contributed by atoms with Crippen molar-refractivity contribution in [2.45, 2.75) is 45.1 Å². The van der Waals surface area contributed by atoms with Crippen LogP contribution in [-0.4, -0.2) is 27.5 Å². The highest BCUT2D eigenvalue weighted by Crippen LogP contribution is 2.37. The van der Waals surface area contributed by atoms with Crippen LogP contribution in [0.3, 0.4) is 0 Å². The minimum absolute atomic E-state index is 0.0121. The zero-order valence-corrected chi connectivity index (χ0v) is 10.1. The van der Waals surface area contributed by atoms with E-state index in [-0.39, 0.29) is 17.9 Å². The van der Waals surface area contributed by atoms with Crippen LogP contribution in [0.5, 0.6) is 0 Å². The summed E-state index contributed by atoms with van der Waals surface area (Å²) >= 11 is 0. The molecular formula is C12H17N3O2. The van der Waals surface area contributed by atoms with Gasteiger partial charge in [-0.1, -0.05) is 5.16 Å². The van der Waals surface area contributed by atoms with E-state index in [1.165, 1.54) is 0 Å². The molecule has 0 aromatic carbocycles. The number of amides is 1. The summed E-state index contributed by atoms with van der Waals surface area (Å²) in [6.07, 6.45) is 5.25. The highest BCUT2D eigenvalue weighted by molar-refractivity contribution is 5.81. The lowest BCUT2D eigenvalue weighted by atomic mass is 10.0. The third kappa shape index (κ3) is 2.06. The molecule has 0 N–H and O–H groups in total. The summed E-state index contributed by atoms with van der Waals surface area (Å²) in [6.45, 7) is 2.64. The van der Waals surface area contributed by atoms with Gasteiger partial charge in [-0.15, -0.1) is 0 Å². The van der Waals surface area contributed by atoms with E-state index >= 15 is 0 Å². The lowest BCUT2D eigenvalue weighted by Crippen LogP contribution is -2.39. The van der Waals surface area contributed by atoms with Gasteiger partial charge in [0.25, 0.3) is 0 Å². The molecule has 2 heterocycles. The Bertz CT molecular complexity index is 425. The molecular weight excluding hydrogens is 218 g/mol. The first-order chi connectivity index (χ1) is 8.25. The lowest BCUT2D eigenvalue weighted by Gasteiger charge is -2.33. The number of aromatic nitrogens is 2. The van der Waals surface area contributed by atoms with Gasteiger partial charge in [-0.3, -0.25) is 4.79 Å². The summed E-state index contributed by atoms with van der Waals surface area (Å²) in [5, 5.41) is 3.82. The van der Waals surface area contributed by atoms with Gasteiger partial charge in [-0.2, -0.15) is 4.98 Å². The normalized spacial score (nSPS) is 25.0. The van der Waals surface area contributed by atoms with Crippen molar-refractivity contribution < 1.29 is 9.32 Å². The van der Waals surface area contributed by atoms with E-state index in [0.29, 0.717) is 11.7 Å². The predicted octanol–water partition coefficient (Wildman–Crippen LogP) is 1.84. The molecule has 1 amide bonds. The Balaban J connectivity index is 1.81. The van der Waals surface area contributed by atoms with Gasteiger partial charge in [0.05, 0.1) is 0 Å². The van der Waals surface area contributed by atoms with Crippen molar-refractivity contribution in [1.29, 1.82) is 0 Å². The molecule has 1 atom stereocenters. The molecule has 2 aliphatic rings. The van der Waals surface area contributed by atoms with Gasteiger partial charge in [-0.05, 0) is 39.0 Å². The molecule has 1 saturated carbocycles.